The van der Waals surface area contributed by atoms with Gasteiger partial charge in [0.05, 0.1) is 17.3 Å². The van der Waals surface area contributed by atoms with E-state index in [2.05, 4.69) is 56.7 Å². The predicted molar refractivity (Wildman–Crippen MR) is 124 cm³/mol. The number of benzene rings is 1. The van der Waals surface area contributed by atoms with Crippen LogP contribution in [0.25, 0.3) is 22.4 Å². The zero-order valence-electron chi connectivity index (χ0n) is 18.1. The van der Waals surface area contributed by atoms with Crippen molar-refractivity contribution in [3.05, 3.63) is 66.2 Å². The van der Waals surface area contributed by atoms with Gasteiger partial charge in [-0.15, -0.1) is 0 Å². The maximum absolute atomic E-state index is 9.73. The average molecular weight is 427 g/mol. The Hall–Kier alpha value is -3.32. The van der Waals surface area contributed by atoms with Gasteiger partial charge in [0.25, 0.3) is 0 Å². The van der Waals surface area contributed by atoms with Gasteiger partial charge in [0, 0.05) is 37.5 Å². The van der Waals surface area contributed by atoms with Crippen molar-refractivity contribution < 1.29 is 5.11 Å². The number of imidazole rings is 1. The molecule has 7 nitrogen and oxygen atoms in total. The summed E-state index contributed by atoms with van der Waals surface area (Å²) in [5.74, 6) is 1.80. The summed E-state index contributed by atoms with van der Waals surface area (Å²) in [7, 11) is 0. The molecule has 1 N–H and O–H groups in total. The summed E-state index contributed by atoms with van der Waals surface area (Å²) in [6.45, 7) is 3.84. The van der Waals surface area contributed by atoms with Crippen molar-refractivity contribution in [3.8, 4) is 11.3 Å². The fourth-order valence-electron chi connectivity index (χ4n) is 5.07. The molecule has 5 heterocycles. The van der Waals surface area contributed by atoms with E-state index in [1.54, 1.807) is 0 Å². The van der Waals surface area contributed by atoms with E-state index in [-0.39, 0.29) is 11.6 Å². The highest BCUT2D eigenvalue weighted by atomic mass is 16.3. The monoisotopic (exact) mass is 426 g/mol. The molecule has 0 amide bonds. The second-order valence-electron chi connectivity index (χ2n) is 9.03. The average Bonchev–Trinajstić information content (AvgIpc) is 3.38. The van der Waals surface area contributed by atoms with Crippen LogP contribution >= 0.6 is 0 Å². The Balaban J connectivity index is 1.36. The minimum Gasteiger partial charge on any atom is -0.393 e. The molecule has 0 spiro atoms. The quantitative estimate of drug-likeness (QED) is 0.540. The van der Waals surface area contributed by atoms with Gasteiger partial charge >= 0.3 is 0 Å². The molecule has 1 fully saturated rings. The fourth-order valence-corrected chi connectivity index (χ4v) is 5.07. The van der Waals surface area contributed by atoms with Crippen molar-refractivity contribution in [1.29, 1.82) is 0 Å². The zero-order chi connectivity index (χ0) is 21.7. The largest absolute Gasteiger partial charge is 0.393 e. The molecule has 0 bridgehead atoms. The number of aliphatic hydroxyl groups is 1. The topological polar surface area (TPSA) is 80.0 Å². The van der Waals surface area contributed by atoms with Crippen molar-refractivity contribution >= 4 is 17.1 Å². The number of aliphatic hydroxyl groups excluding tert-OH is 1. The molecule has 1 unspecified atom stereocenters. The standard InChI is InChI=1S/C25H26N6O/c1-25(18-5-3-2-4-6-18)12-9-22-28-21-8-7-20(29-23(21)31(22)25)17-15-26-24(27-16-17)30-13-10-19(32)11-14-30/h2-8,15-16,19,32H,9-14H2,1H3. The number of aryl methyl sites for hydroxylation is 1. The molecule has 4 aromatic rings. The van der Waals surface area contributed by atoms with Crippen LogP contribution in [-0.2, 0) is 12.0 Å². The third kappa shape index (κ3) is 3.07. The van der Waals surface area contributed by atoms with Gasteiger partial charge in [-0.2, -0.15) is 0 Å². The SMILES string of the molecule is CC1(c2ccccc2)CCc2nc3ccc(-c4cnc(N5CCC(O)CC5)nc4)nc3n21. The first-order chi connectivity index (χ1) is 15.6. The Morgan fingerprint density at radius 1 is 0.969 bits per heavy atom. The van der Waals surface area contributed by atoms with Gasteiger partial charge in [-0.25, -0.2) is 19.9 Å². The van der Waals surface area contributed by atoms with Crippen molar-refractivity contribution in [2.24, 2.45) is 0 Å². The molecular formula is C25H26N6O. The molecule has 3 aromatic heterocycles. The molecular weight excluding hydrogens is 400 g/mol. The van der Waals surface area contributed by atoms with Gasteiger partial charge in [0.1, 0.15) is 11.3 Å². The van der Waals surface area contributed by atoms with Crippen molar-refractivity contribution in [2.45, 2.75) is 44.2 Å². The van der Waals surface area contributed by atoms with Crippen molar-refractivity contribution in [1.82, 2.24) is 24.5 Å². The Bertz CT molecular complexity index is 1260. The summed E-state index contributed by atoms with van der Waals surface area (Å²) in [6.07, 6.45) is 6.97. The maximum atomic E-state index is 9.73. The first-order valence-electron chi connectivity index (χ1n) is 11.3. The Morgan fingerprint density at radius 3 is 2.47 bits per heavy atom. The van der Waals surface area contributed by atoms with Crippen LogP contribution in [0.15, 0.2) is 54.9 Å². The van der Waals surface area contributed by atoms with E-state index in [0.29, 0.717) is 5.95 Å². The highest BCUT2D eigenvalue weighted by Crippen LogP contribution is 2.40. The first-order valence-corrected chi connectivity index (χ1v) is 11.3. The number of fused-ring (bicyclic) bond motifs is 3. The van der Waals surface area contributed by atoms with Crippen LogP contribution in [0.3, 0.4) is 0 Å². The van der Waals surface area contributed by atoms with E-state index in [1.807, 2.05) is 24.5 Å². The molecule has 0 radical (unpaired) electrons. The van der Waals surface area contributed by atoms with Crippen LogP contribution in [-0.4, -0.2) is 48.8 Å². The fraction of sp³-hybridized carbons (Fsp3) is 0.360. The maximum Gasteiger partial charge on any atom is 0.225 e. The summed E-state index contributed by atoms with van der Waals surface area (Å²) in [6, 6.07) is 14.7. The normalized spacial score (nSPS) is 21.2. The molecule has 0 saturated carbocycles. The number of rotatable bonds is 3. The summed E-state index contributed by atoms with van der Waals surface area (Å²) in [5, 5.41) is 9.73. The summed E-state index contributed by atoms with van der Waals surface area (Å²) in [5.41, 5.74) is 4.71. The van der Waals surface area contributed by atoms with Crippen LogP contribution in [0.1, 0.15) is 37.6 Å². The number of aromatic nitrogens is 5. The van der Waals surface area contributed by atoms with Gasteiger partial charge in [0.15, 0.2) is 5.65 Å². The Kier molecular flexibility index (Phi) is 4.47. The predicted octanol–water partition coefficient (Wildman–Crippen LogP) is 3.56. The van der Waals surface area contributed by atoms with Crippen molar-refractivity contribution in [3.63, 3.8) is 0 Å². The summed E-state index contributed by atoms with van der Waals surface area (Å²) >= 11 is 0. The van der Waals surface area contributed by atoms with Crippen LogP contribution in [0.5, 0.6) is 0 Å². The lowest BCUT2D eigenvalue weighted by Gasteiger charge is -2.29. The third-order valence-electron chi connectivity index (χ3n) is 6.98. The molecule has 2 aliphatic rings. The van der Waals surface area contributed by atoms with Gasteiger partial charge < -0.3 is 14.6 Å². The number of piperidine rings is 1. The lowest BCUT2D eigenvalue weighted by atomic mass is 9.90. The number of pyridine rings is 1. The number of nitrogens with zero attached hydrogens (tertiary/aromatic N) is 6. The van der Waals surface area contributed by atoms with Crippen molar-refractivity contribution in [2.75, 3.05) is 18.0 Å². The summed E-state index contributed by atoms with van der Waals surface area (Å²) < 4.78 is 2.31. The number of hydrogen-bond donors (Lipinski definition) is 1. The molecule has 1 aromatic carbocycles. The van der Waals surface area contributed by atoms with Crippen LogP contribution in [0, 0.1) is 0 Å². The first kappa shape index (κ1) is 19.4. The molecule has 162 valence electrons. The molecule has 1 atom stereocenters. The van der Waals surface area contributed by atoms with Gasteiger partial charge in [-0.05, 0) is 43.9 Å². The second-order valence-corrected chi connectivity index (χ2v) is 9.03. The Labute approximate surface area is 186 Å². The van der Waals surface area contributed by atoms with Crippen LogP contribution < -0.4 is 4.90 Å². The van der Waals surface area contributed by atoms with E-state index in [4.69, 9.17) is 9.97 Å². The highest BCUT2D eigenvalue weighted by molar-refractivity contribution is 5.77. The van der Waals surface area contributed by atoms with E-state index < -0.39 is 0 Å². The third-order valence-corrected chi connectivity index (χ3v) is 6.98. The summed E-state index contributed by atoms with van der Waals surface area (Å²) in [4.78, 5) is 21.2. The van der Waals surface area contributed by atoms with Crippen LogP contribution in [0.4, 0.5) is 5.95 Å². The highest BCUT2D eigenvalue weighted by Gasteiger charge is 2.38. The van der Waals surface area contributed by atoms with E-state index in [0.717, 1.165) is 67.0 Å². The van der Waals surface area contributed by atoms with Gasteiger partial charge in [0.2, 0.25) is 5.95 Å². The minimum absolute atomic E-state index is 0.157. The molecule has 7 heteroatoms. The molecule has 32 heavy (non-hydrogen) atoms. The van der Waals surface area contributed by atoms with Gasteiger partial charge in [-0.3, -0.25) is 0 Å². The molecule has 0 aliphatic carbocycles. The van der Waals surface area contributed by atoms with E-state index in [1.165, 1.54) is 5.56 Å². The molecule has 2 aliphatic heterocycles. The number of hydrogen-bond acceptors (Lipinski definition) is 6. The second kappa shape index (κ2) is 7.38. The van der Waals surface area contributed by atoms with E-state index >= 15 is 0 Å². The zero-order valence-corrected chi connectivity index (χ0v) is 18.1. The lowest BCUT2D eigenvalue weighted by molar-refractivity contribution is 0.145. The Morgan fingerprint density at radius 2 is 1.72 bits per heavy atom. The number of anilines is 1. The van der Waals surface area contributed by atoms with E-state index in [9.17, 15) is 5.11 Å². The minimum atomic E-state index is -0.208. The lowest BCUT2D eigenvalue weighted by Crippen LogP contribution is -2.36. The molecule has 6 rings (SSSR count). The van der Waals surface area contributed by atoms with Gasteiger partial charge in [-0.1, -0.05) is 30.3 Å². The van der Waals surface area contributed by atoms with Crippen LogP contribution in [0.2, 0.25) is 0 Å². The smallest absolute Gasteiger partial charge is 0.225 e. The molecule has 1 saturated heterocycles.